The molecule has 76 valence electrons. The van der Waals surface area contributed by atoms with Crippen molar-refractivity contribution in [1.29, 1.82) is 0 Å². The minimum atomic E-state index is -0.393. The molecule has 0 amide bonds. The van der Waals surface area contributed by atoms with Crippen LogP contribution in [-0.4, -0.2) is 17.3 Å². The first kappa shape index (κ1) is 11.0. The van der Waals surface area contributed by atoms with E-state index in [9.17, 15) is 0 Å². The molecule has 2 N–H and O–H groups in total. The van der Waals surface area contributed by atoms with Gasteiger partial charge in [-0.15, -0.1) is 6.58 Å². The molecule has 14 heavy (non-hydrogen) atoms. The van der Waals surface area contributed by atoms with Crippen LogP contribution < -0.4 is 5.32 Å². The summed E-state index contributed by atoms with van der Waals surface area (Å²) >= 11 is 0. The molecule has 2 heteroatoms. The molecule has 1 aromatic rings. The Hall–Kier alpha value is -1.12. The standard InChI is InChI=1S/C12H17NO/c1-3-12(2,10-14)13-9-11-7-5-4-6-8-11/h3-8,13-14H,1,9-10H2,2H3. The summed E-state index contributed by atoms with van der Waals surface area (Å²) in [4.78, 5) is 0. The summed E-state index contributed by atoms with van der Waals surface area (Å²) in [5.74, 6) is 0. The van der Waals surface area contributed by atoms with Crippen molar-refractivity contribution in [3.63, 3.8) is 0 Å². The van der Waals surface area contributed by atoms with Gasteiger partial charge in [0, 0.05) is 6.54 Å². The molecular formula is C12H17NO. The van der Waals surface area contributed by atoms with Crippen LogP contribution in [-0.2, 0) is 6.54 Å². The molecule has 0 radical (unpaired) electrons. The topological polar surface area (TPSA) is 32.3 Å². The van der Waals surface area contributed by atoms with Crippen LogP contribution in [0.15, 0.2) is 43.0 Å². The summed E-state index contributed by atoms with van der Waals surface area (Å²) in [6.45, 7) is 6.41. The average Bonchev–Trinajstić information content (AvgIpc) is 2.27. The maximum Gasteiger partial charge on any atom is 0.0646 e. The first-order chi connectivity index (χ1) is 6.70. The lowest BCUT2D eigenvalue weighted by molar-refractivity contribution is 0.207. The van der Waals surface area contributed by atoms with Crippen molar-refractivity contribution in [2.45, 2.75) is 19.0 Å². The van der Waals surface area contributed by atoms with Gasteiger partial charge in [-0.2, -0.15) is 0 Å². The fraction of sp³-hybridized carbons (Fsp3) is 0.333. The van der Waals surface area contributed by atoms with E-state index < -0.39 is 5.54 Å². The molecule has 0 aliphatic rings. The zero-order valence-corrected chi connectivity index (χ0v) is 8.53. The van der Waals surface area contributed by atoms with E-state index in [0.717, 1.165) is 6.54 Å². The summed E-state index contributed by atoms with van der Waals surface area (Å²) in [6.07, 6.45) is 1.73. The number of nitrogens with one attached hydrogen (secondary N) is 1. The number of aliphatic hydroxyl groups excluding tert-OH is 1. The second-order valence-corrected chi connectivity index (χ2v) is 3.62. The van der Waals surface area contributed by atoms with E-state index >= 15 is 0 Å². The van der Waals surface area contributed by atoms with Crippen molar-refractivity contribution in [2.75, 3.05) is 6.61 Å². The highest BCUT2D eigenvalue weighted by Gasteiger charge is 2.17. The van der Waals surface area contributed by atoms with Gasteiger partial charge in [0.05, 0.1) is 12.1 Å². The van der Waals surface area contributed by atoms with Gasteiger partial charge in [0.2, 0.25) is 0 Å². The number of hydrogen-bond acceptors (Lipinski definition) is 2. The summed E-state index contributed by atoms with van der Waals surface area (Å²) in [7, 11) is 0. The third-order valence-electron chi connectivity index (χ3n) is 2.32. The number of aliphatic hydroxyl groups is 1. The van der Waals surface area contributed by atoms with Crippen LogP contribution in [0.5, 0.6) is 0 Å². The van der Waals surface area contributed by atoms with Crippen molar-refractivity contribution in [3.8, 4) is 0 Å². The van der Waals surface area contributed by atoms with Crippen LogP contribution in [0, 0.1) is 0 Å². The monoisotopic (exact) mass is 191 g/mol. The maximum atomic E-state index is 9.13. The summed E-state index contributed by atoms with van der Waals surface area (Å²) in [5, 5.41) is 12.4. The first-order valence-electron chi connectivity index (χ1n) is 4.73. The van der Waals surface area contributed by atoms with Gasteiger partial charge in [-0.25, -0.2) is 0 Å². The Morgan fingerprint density at radius 2 is 2.07 bits per heavy atom. The predicted octanol–water partition coefficient (Wildman–Crippen LogP) is 1.71. The van der Waals surface area contributed by atoms with Crippen LogP contribution in [0.1, 0.15) is 12.5 Å². The van der Waals surface area contributed by atoms with E-state index in [1.54, 1.807) is 6.08 Å². The SMILES string of the molecule is C=CC(C)(CO)NCc1ccccc1. The molecule has 0 aliphatic carbocycles. The van der Waals surface area contributed by atoms with Gasteiger partial charge in [-0.3, -0.25) is 0 Å². The molecule has 0 heterocycles. The highest BCUT2D eigenvalue weighted by atomic mass is 16.3. The van der Waals surface area contributed by atoms with Gasteiger partial charge in [0.1, 0.15) is 0 Å². The van der Waals surface area contributed by atoms with Crippen molar-refractivity contribution in [3.05, 3.63) is 48.6 Å². The molecule has 2 nitrogen and oxygen atoms in total. The summed E-state index contributed by atoms with van der Waals surface area (Å²) in [6, 6.07) is 10.1. The van der Waals surface area contributed by atoms with E-state index in [2.05, 4.69) is 11.9 Å². The number of hydrogen-bond donors (Lipinski definition) is 2. The largest absolute Gasteiger partial charge is 0.394 e. The zero-order chi connectivity index (χ0) is 10.4. The Morgan fingerprint density at radius 1 is 1.43 bits per heavy atom. The Bertz CT molecular complexity index is 284. The second kappa shape index (κ2) is 4.94. The van der Waals surface area contributed by atoms with Gasteiger partial charge in [-0.1, -0.05) is 36.4 Å². The van der Waals surface area contributed by atoms with Crippen LogP contribution in [0.4, 0.5) is 0 Å². The Kier molecular flexibility index (Phi) is 3.86. The molecule has 0 fully saturated rings. The molecule has 0 bridgehead atoms. The molecule has 0 aliphatic heterocycles. The predicted molar refractivity (Wildman–Crippen MR) is 59.0 cm³/mol. The third-order valence-corrected chi connectivity index (χ3v) is 2.32. The van der Waals surface area contributed by atoms with Crippen LogP contribution >= 0.6 is 0 Å². The van der Waals surface area contributed by atoms with Crippen molar-refractivity contribution in [1.82, 2.24) is 5.32 Å². The van der Waals surface area contributed by atoms with E-state index in [4.69, 9.17) is 5.11 Å². The van der Waals surface area contributed by atoms with Gasteiger partial charge in [0.15, 0.2) is 0 Å². The molecule has 1 unspecified atom stereocenters. The average molecular weight is 191 g/mol. The minimum absolute atomic E-state index is 0.0589. The Labute approximate surface area is 85.3 Å². The van der Waals surface area contributed by atoms with E-state index in [0.29, 0.717) is 0 Å². The molecule has 1 aromatic carbocycles. The van der Waals surface area contributed by atoms with E-state index in [1.807, 2.05) is 37.3 Å². The van der Waals surface area contributed by atoms with Crippen molar-refractivity contribution in [2.24, 2.45) is 0 Å². The fourth-order valence-electron chi connectivity index (χ4n) is 1.09. The number of rotatable bonds is 5. The van der Waals surface area contributed by atoms with Gasteiger partial charge < -0.3 is 10.4 Å². The number of benzene rings is 1. The second-order valence-electron chi connectivity index (χ2n) is 3.62. The highest BCUT2D eigenvalue weighted by molar-refractivity contribution is 5.15. The Morgan fingerprint density at radius 3 is 2.57 bits per heavy atom. The zero-order valence-electron chi connectivity index (χ0n) is 8.53. The Balaban J connectivity index is 2.52. The molecule has 1 atom stereocenters. The van der Waals surface area contributed by atoms with Gasteiger partial charge in [0.25, 0.3) is 0 Å². The summed E-state index contributed by atoms with van der Waals surface area (Å²) in [5.41, 5.74) is 0.810. The first-order valence-corrected chi connectivity index (χ1v) is 4.73. The third kappa shape index (κ3) is 2.98. The minimum Gasteiger partial charge on any atom is -0.394 e. The van der Waals surface area contributed by atoms with Crippen LogP contribution in [0.25, 0.3) is 0 Å². The maximum absolute atomic E-state index is 9.13. The van der Waals surface area contributed by atoms with Crippen molar-refractivity contribution < 1.29 is 5.11 Å². The molecule has 1 rings (SSSR count). The summed E-state index contributed by atoms with van der Waals surface area (Å²) < 4.78 is 0. The fourth-order valence-corrected chi connectivity index (χ4v) is 1.09. The molecular weight excluding hydrogens is 174 g/mol. The quantitative estimate of drug-likeness (QED) is 0.694. The highest BCUT2D eigenvalue weighted by Crippen LogP contribution is 2.06. The lowest BCUT2D eigenvalue weighted by Gasteiger charge is -2.24. The molecule has 0 saturated heterocycles. The van der Waals surface area contributed by atoms with E-state index in [-0.39, 0.29) is 6.61 Å². The van der Waals surface area contributed by atoms with Crippen LogP contribution in [0.3, 0.4) is 0 Å². The lowest BCUT2D eigenvalue weighted by Crippen LogP contribution is -2.43. The molecule has 0 aromatic heterocycles. The lowest BCUT2D eigenvalue weighted by atomic mass is 10.0. The van der Waals surface area contributed by atoms with Crippen LogP contribution in [0.2, 0.25) is 0 Å². The van der Waals surface area contributed by atoms with Gasteiger partial charge in [-0.05, 0) is 12.5 Å². The van der Waals surface area contributed by atoms with Gasteiger partial charge >= 0.3 is 0 Å². The van der Waals surface area contributed by atoms with E-state index in [1.165, 1.54) is 5.56 Å². The molecule has 0 saturated carbocycles. The normalized spacial score (nSPS) is 14.7. The smallest absolute Gasteiger partial charge is 0.0646 e. The molecule has 0 spiro atoms. The van der Waals surface area contributed by atoms with Crippen molar-refractivity contribution >= 4 is 0 Å².